The van der Waals surface area contributed by atoms with E-state index < -0.39 is 0 Å². The minimum Gasteiger partial charge on any atom is -0.395 e. The lowest BCUT2D eigenvalue weighted by Crippen LogP contribution is -2.03. The van der Waals surface area contributed by atoms with Crippen LogP contribution in [-0.2, 0) is 12.8 Å². The van der Waals surface area contributed by atoms with Gasteiger partial charge in [0.05, 0.1) is 22.5 Å². The molecule has 8 heteroatoms. The largest absolute Gasteiger partial charge is 0.395 e. The molecule has 0 aliphatic carbocycles. The van der Waals surface area contributed by atoms with E-state index in [0.717, 1.165) is 39.5 Å². The van der Waals surface area contributed by atoms with Crippen molar-refractivity contribution in [2.45, 2.75) is 29.9 Å². The van der Waals surface area contributed by atoms with E-state index in [4.69, 9.17) is 5.11 Å². The van der Waals surface area contributed by atoms with Gasteiger partial charge in [-0.1, -0.05) is 24.3 Å². The van der Waals surface area contributed by atoms with Crippen molar-refractivity contribution in [1.29, 1.82) is 0 Å². The molecule has 0 spiro atoms. The Balaban J connectivity index is 1.41. The predicted molar refractivity (Wildman–Crippen MR) is 114 cm³/mol. The number of thioether (sulfide) groups is 1. The highest BCUT2D eigenvalue weighted by Gasteiger charge is 2.07. The number of pyridine rings is 1. The van der Waals surface area contributed by atoms with Crippen LogP contribution < -0.4 is 4.87 Å². The first-order valence-electron chi connectivity index (χ1n) is 9.01. The van der Waals surface area contributed by atoms with Crippen molar-refractivity contribution in [2.24, 2.45) is 0 Å². The molecule has 3 aromatic heterocycles. The molecular weight excluding hydrogens is 392 g/mol. The standard InChI is InChI=1S/C20H20N4O2S2/c1-13(12-25)27-16-5-7-19(21-11-16)24-9-8-15(23-24)4-2-14-3-6-17-18(10-14)28-20(26)22-17/h3,5-11,13,25H,2,4,12H2,1H3,(H,22,26). The molecule has 0 radical (unpaired) electrons. The maximum Gasteiger partial charge on any atom is 0.305 e. The fourth-order valence-corrected chi connectivity index (χ4v) is 4.49. The summed E-state index contributed by atoms with van der Waals surface area (Å²) in [5.41, 5.74) is 3.08. The van der Waals surface area contributed by atoms with Crippen LogP contribution in [0.25, 0.3) is 16.0 Å². The molecule has 0 fully saturated rings. The Labute approximate surface area is 170 Å². The van der Waals surface area contributed by atoms with Gasteiger partial charge in [0.25, 0.3) is 0 Å². The number of hydrogen-bond acceptors (Lipinski definition) is 6. The number of aliphatic hydroxyl groups excluding tert-OH is 1. The van der Waals surface area contributed by atoms with Crippen LogP contribution in [0, 0.1) is 0 Å². The normalized spacial score (nSPS) is 12.5. The van der Waals surface area contributed by atoms with Crippen LogP contribution in [0.4, 0.5) is 0 Å². The van der Waals surface area contributed by atoms with Gasteiger partial charge in [-0.15, -0.1) is 11.8 Å². The Bertz CT molecular complexity index is 1130. The van der Waals surface area contributed by atoms with Gasteiger partial charge >= 0.3 is 4.87 Å². The summed E-state index contributed by atoms with van der Waals surface area (Å²) in [6, 6.07) is 12.0. The number of fused-ring (bicyclic) bond motifs is 1. The number of rotatable bonds is 7. The van der Waals surface area contributed by atoms with E-state index in [-0.39, 0.29) is 16.7 Å². The van der Waals surface area contributed by atoms with Gasteiger partial charge in [-0.05, 0) is 48.7 Å². The van der Waals surface area contributed by atoms with Crippen molar-refractivity contribution >= 4 is 33.3 Å². The summed E-state index contributed by atoms with van der Waals surface area (Å²) in [6.07, 6.45) is 5.41. The van der Waals surface area contributed by atoms with Crippen molar-refractivity contribution in [3.8, 4) is 5.82 Å². The number of nitrogens with zero attached hydrogens (tertiary/aromatic N) is 3. The van der Waals surface area contributed by atoms with Crippen LogP contribution in [-0.4, -0.2) is 36.7 Å². The first kappa shape index (κ1) is 18.9. The van der Waals surface area contributed by atoms with Gasteiger partial charge in [-0.3, -0.25) is 4.79 Å². The second-order valence-electron chi connectivity index (χ2n) is 6.56. The molecule has 1 atom stereocenters. The molecule has 1 unspecified atom stereocenters. The molecule has 4 aromatic rings. The third-order valence-electron chi connectivity index (χ3n) is 4.35. The molecule has 1 aromatic carbocycles. The first-order chi connectivity index (χ1) is 13.6. The number of thiazole rings is 1. The lowest BCUT2D eigenvalue weighted by Gasteiger charge is -2.07. The van der Waals surface area contributed by atoms with Crippen LogP contribution in [0.1, 0.15) is 18.2 Å². The summed E-state index contributed by atoms with van der Waals surface area (Å²) in [5.74, 6) is 0.769. The summed E-state index contributed by atoms with van der Waals surface area (Å²) in [4.78, 5) is 19.7. The van der Waals surface area contributed by atoms with Crippen molar-refractivity contribution in [3.05, 3.63) is 69.7 Å². The molecule has 28 heavy (non-hydrogen) atoms. The Morgan fingerprint density at radius 1 is 1.25 bits per heavy atom. The third-order valence-corrected chi connectivity index (χ3v) is 6.26. The zero-order chi connectivity index (χ0) is 19.5. The van der Waals surface area contributed by atoms with Gasteiger partial charge in [0.1, 0.15) is 0 Å². The number of benzene rings is 1. The van der Waals surface area contributed by atoms with E-state index in [2.05, 4.69) is 21.1 Å². The molecular formula is C20H20N4O2S2. The average molecular weight is 413 g/mol. The van der Waals surface area contributed by atoms with E-state index in [1.807, 2.05) is 49.6 Å². The minimum absolute atomic E-state index is 0.0198. The molecule has 3 heterocycles. The smallest absolute Gasteiger partial charge is 0.305 e. The van der Waals surface area contributed by atoms with Crippen molar-refractivity contribution in [1.82, 2.24) is 19.7 Å². The van der Waals surface area contributed by atoms with Gasteiger partial charge in [0.2, 0.25) is 0 Å². The van der Waals surface area contributed by atoms with Crippen LogP contribution in [0.15, 0.2) is 58.5 Å². The summed E-state index contributed by atoms with van der Waals surface area (Å²) >= 11 is 2.84. The minimum atomic E-state index is -0.0198. The summed E-state index contributed by atoms with van der Waals surface area (Å²) in [5, 5.41) is 13.9. The zero-order valence-corrected chi connectivity index (χ0v) is 17.0. The second kappa shape index (κ2) is 8.30. The summed E-state index contributed by atoms with van der Waals surface area (Å²) in [7, 11) is 0. The first-order valence-corrected chi connectivity index (χ1v) is 10.7. The highest BCUT2D eigenvalue weighted by Crippen LogP contribution is 2.22. The van der Waals surface area contributed by atoms with Gasteiger partial charge in [-0.2, -0.15) is 5.10 Å². The Morgan fingerprint density at radius 2 is 2.14 bits per heavy atom. The molecule has 0 bridgehead atoms. The average Bonchev–Trinajstić information content (AvgIpc) is 3.32. The van der Waals surface area contributed by atoms with Gasteiger partial charge in [0.15, 0.2) is 5.82 Å². The SMILES string of the molecule is CC(CO)Sc1ccc(-n2ccc(CCc3ccc4[nH]c(=O)sc4c3)n2)nc1. The van der Waals surface area contributed by atoms with Crippen LogP contribution in [0.2, 0.25) is 0 Å². The Hall–Kier alpha value is -2.42. The molecule has 144 valence electrons. The zero-order valence-electron chi connectivity index (χ0n) is 15.3. The maximum atomic E-state index is 11.4. The summed E-state index contributed by atoms with van der Waals surface area (Å²) in [6.45, 7) is 2.12. The molecule has 0 saturated carbocycles. The number of hydrogen-bond donors (Lipinski definition) is 2. The predicted octanol–water partition coefficient (Wildman–Crippen LogP) is 3.43. The molecule has 0 saturated heterocycles. The highest BCUT2D eigenvalue weighted by atomic mass is 32.2. The van der Waals surface area contributed by atoms with E-state index in [0.29, 0.717) is 0 Å². The van der Waals surface area contributed by atoms with Gasteiger partial charge in [-0.25, -0.2) is 9.67 Å². The van der Waals surface area contributed by atoms with Crippen molar-refractivity contribution in [2.75, 3.05) is 6.61 Å². The quantitative estimate of drug-likeness (QED) is 0.455. The highest BCUT2D eigenvalue weighted by molar-refractivity contribution is 8.00. The van der Waals surface area contributed by atoms with Crippen molar-refractivity contribution in [3.63, 3.8) is 0 Å². The van der Waals surface area contributed by atoms with Crippen LogP contribution >= 0.6 is 23.1 Å². The Kier molecular flexibility index (Phi) is 5.61. The second-order valence-corrected chi connectivity index (χ2v) is 9.09. The lowest BCUT2D eigenvalue weighted by molar-refractivity contribution is 0.300. The van der Waals surface area contributed by atoms with Gasteiger partial charge < -0.3 is 10.1 Å². The molecule has 4 rings (SSSR count). The monoisotopic (exact) mass is 412 g/mol. The van der Waals surface area contributed by atoms with E-state index in [1.54, 1.807) is 16.4 Å². The van der Waals surface area contributed by atoms with E-state index >= 15 is 0 Å². The number of nitrogens with one attached hydrogen (secondary N) is 1. The number of aromatic nitrogens is 4. The number of aliphatic hydroxyl groups is 1. The Morgan fingerprint density at radius 3 is 2.93 bits per heavy atom. The lowest BCUT2D eigenvalue weighted by atomic mass is 10.1. The third kappa shape index (κ3) is 4.35. The molecule has 6 nitrogen and oxygen atoms in total. The number of aromatic amines is 1. The fraction of sp³-hybridized carbons (Fsp3) is 0.250. The van der Waals surface area contributed by atoms with Crippen LogP contribution in [0.3, 0.4) is 0 Å². The van der Waals surface area contributed by atoms with E-state index in [9.17, 15) is 4.79 Å². The van der Waals surface area contributed by atoms with Crippen LogP contribution in [0.5, 0.6) is 0 Å². The van der Waals surface area contributed by atoms with Crippen molar-refractivity contribution < 1.29 is 5.11 Å². The fourth-order valence-electron chi connectivity index (χ4n) is 2.89. The molecule has 0 amide bonds. The number of H-pyrrole nitrogens is 1. The molecule has 0 aliphatic rings. The van der Waals surface area contributed by atoms with E-state index in [1.165, 1.54) is 16.9 Å². The molecule has 0 aliphatic heterocycles. The van der Waals surface area contributed by atoms with Gasteiger partial charge in [0, 0.05) is 22.5 Å². The number of aryl methyl sites for hydroxylation is 2. The molecule has 2 N–H and O–H groups in total. The summed E-state index contributed by atoms with van der Waals surface area (Å²) < 4.78 is 2.77. The topological polar surface area (TPSA) is 83.8 Å². The maximum absolute atomic E-state index is 11.4.